The molecule has 0 unspecified atom stereocenters. The first kappa shape index (κ1) is 15.1. The van der Waals surface area contributed by atoms with E-state index in [4.69, 9.17) is 0 Å². The fourth-order valence-electron chi connectivity index (χ4n) is 1.92. The number of halogens is 2. The van der Waals surface area contributed by atoms with Gasteiger partial charge in [0.2, 0.25) is 5.13 Å². The van der Waals surface area contributed by atoms with E-state index >= 15 is 0 Å². The van der Waals surface area contributed by atoms with E-state index in [1.807, 2.05) is 28.9 Å². The number of anilines is 1. The number of likely N-dealkylation sites (N-methyl/N-ethyl adjacent to an activating group) is 1. The zero-order valence-corrected chi connectivity index (χ0v) is 14.2. The van der Waals surface area contributed by atoms with Gasteiger partial charge in [-0.25, -0.2) is 4.39 Å². The summed E-state index contributed by atoms with van der Waals surface area (Å²) in [7, 11) is 1.94. The molecule has 22 heavy (non-hydrogen) atoms. The summed E-state index contributed by atoms with van der Waals surface area (Å²) < 4.78 is 16.6. The van der Waals surface area contributed by atoms with Gasteiger partial charge in [-0.05, 0) is 24.3 Å². The summed E-state index contributed by atoms with van der Waals surface area (Å²) in [5.41, 5.74) is 0.457. The van der Waals surface area contributed by atoms with Crippen molar-refractivity contribution in [3.8, 4) is 10.6 Å². The largest absolute Gasteiger partial charge is 0.348 e. The summed E-state index contributed by atoms with van der Waals surface area (Å²) in [5.74, 6) is -0.301. The minimum Gasteiger partial charge on any atom is -0.348 e. The molecular formula is C14H13BrFN5S. The smallest absolute Gasteiger partial charge is 0.208 e. The minimum atomic E-state index is -0.301. The Balaban J connectivity index is 1.74. The maximum Gasteiger partial charge on any atom is 0.208 e. The number of rotatable bonds is 5. The van der Waals surface area contributed by atoms with Crippen molar-refractivity contribution in [3.63, 3.8) is 0 Å². The van der Waals surface area contributed by atoms with Crippen molar-refractivity contribution in [1.29, 1.82) is 0 Å². The Kier molecular flexibility index (Phi) is 4.49. The molecule has 1 aromatic carbocycles. The van der Waals surface area contributed by atoms with Crippen LogP contribution in [0.1, 0.15) is 0 Å². The molecule has 0 saturated carbocycles. The van der Waals surface area contributed by atoms with E-state index in [0.717, 1.165) is 22.7 Å². The molecule has 2 heterocycles. The molecule has 0 spiro atoms. The molecule has 0 atom stereocenters. The van der Waals surface area contributed by atoms with Gasteiger partial charge in [0.1, 0.15) is 5.82 Å². The van der Waals surface area contributed by atoms with E-state index < -0.39 is 0 Å². The molecule has 8 heteroatoms. The molecule has 0 aliphatic rings. The quantitative estimate of drug-likeness (QED) is 0.678. The first-order valence-electron chi connectivity index (χ1n) is 6.61. The van der Waals surface area contributed by atoms with Gasteiger partial charge in [-0.3, -0.25) is 4.68 Å². The summed E-state index contributed by atoms with van der Waals surface area (Å²) in [6.45, 7) is 1.50. The molecule has 2 aromatic heterocycles. The molecule has 0 aliphatic carbocycles. The summed E-state index contributed by atoms with van der Waals surface area (Å²) in [6.07, 6.45) is 3.66. The maximum atomic E-state index is 13.9. The van der Waals surface area contributed by atoms with Gasteiger partial charge < -0.3 is 4.90 Å². The van der Waals surface area contributed by atoms with E-state index in [-0.39, 0.29) is 5.82 Å². The third-order valence-electron chi connectivity index (χ3n) is 3.12. The lowest BCUT2D eigenvalue weighted by molar-refractivity contribution is 0.610. The Labute approximate surface area is 139 Å². The molecule has 3 aromatic rings. The summed E-state index contributed by atoms with van der Waals surface area (Å²) in [5, 5.41) is 13.7. The van der Waals surface area contributed by atoms with E-state index in [9.17, 15) is 4.39 Å². The van der Waals surface area contributed by atoms with Crippen molar-refractivity contribution in [2.75, 3.05) is 18.5 Å². The molecular weight excluding hydrogens is 369 g/mol. The van der Waals surface area contributed by atoms with Crippen LogP contribution in [-0.4, -0.2) is 33.6 Å². The molecule has 0 fully saturated rings. The van der Waals surface area contributed by atoms with Crippen LogP contribution in [0.4, 0.5) is 9.52 Å². The summed E-state index contributed by atoms with van der Waals surface area (Å²) >= 11 is 4.71. The first-order chi connectivity index (χ1) is 10.6. The van der Waals surface area contributed by atoms with Crippen LogP contribution >= 0.6 is 27.3 Å². The monoisotopic (exact) mass is 381 g/mol. The topological polar surface area (TPSA) is 46.8 Å². The highest BCUT2D eigenvalue weighted by molar-refractivity contribution is 9.10. The van der Waals surface area contributed by atoms with E-state index in [2.05, 4.69) is 31.2 Å². The fourth-order valence-corrected chi connectivity index (χ4v) is 3.13. The SMILES string of the molecule is CN(CCn1cccn1)c1nnc(-c2cc(Br)ccc2F)s1. The second-order valence-electron chi connectivity index (χ2n) is 4.70. The van der Waals surface area contributed by atoms with Gasteiger partial charge in [0.25, 0.3) is 0 Å². The Morgan fingerprint density at radius 1 is 1.36 bits per heavy atom. The van der Waals surface area contributed by atoms with E-state index in [0.29, 0.717) is 10.6 Å². The van der Waals surface area contributed by atoms with Gasteiger partial charge in [-0.2, -0.15) is 5.10 Å². The van der Waals surface area contributed by atoms with Crippen molar-refractivity contribution >= 4 is 32.4 Å². The van der Waals surface area contributed by atoms with Crippen molar-refractivity contribution in [2.24, 2.45) is 0 Å². The number of aromatic nitrogens is 4. The van der Waals surface area contributed by atoms with Gasteiger partial charge in [0.15, 0.2) is 5.01 Å². The lowest BCUT2D eigenvalue weighted by atomic mass is 10.2. The average Bonchev–Trinajstić information content (AvgIpc) is 3.18. The highest BCUT2D eigenvalue weighted by Gasteiger charge is 2.14. The maximum absolute atomic E-state index is 13.9. The fraction of sp³-hybridized carbons (Fsp3) is 0.214. The van der Waals surface area contributed by atoms with Crippen LogP contribution in [-0.2, 0) is 6.54 Å². The molecule has 5 nitrogen and oxygen atoms in total. The van der Waals surface area contributed by atoms with Crippen molar-refractivity contribution in [3.05, 3.63) is 46.9 Å². The second-order valence-corrected chi connectivity index (χ2v) is 6.58. The van der Waals surface area contributed by atoms with Gasteiger partial charge in [-0.1, -0.05) is 27.3 Å². The number of hydrogen-bond acceptors (Lipinski definition) is 5. The number of benzene rings is 1. The summed E-state index contributed by atoms with van der Waals surface area (Å²) in [6, 6.07) is 6.68. The van der Waals surface area contributed by atoms with Gasteiger partial charge >= 0.3 is 0 Å². The zero-order valence-electron chi connectivity index (χ0n) is 11.8. The van der Waals surface area contributed by atoms with E-state index in [1.165, 1.54) is 17.4 Å². The third-order valence-corrected chi connectivity index (χ3v) is 4.69. The van der Waals surface area contributed by atoms with Gasteiger partial charge in [0, 0.05) is 36.0 Å². The molecule has 3 rings (SSSR count). The van der Waals surface area contributed by atoms with Crippen molar-refractivity contribution < 1.29 is 4.39 Å². The molecule has 114 valence electrons. The number of nitrogens with zero attached hydrogens (tertiary/aromatic N) is 5. The Morgan fingerprint density at radius 3 is 3.00 bits per heavy atom. The molecule has 0 radical (unpaired) electrons. The average molecular weight is 382 g/mol. The number of hydrogen-bond donors (Lipinski definition) is 0. The summed E-state index contributed by atoms with van der Waals surface area (Å²) in [4.78, 5) is 1.98. The zero-order chi connectivity index (χ0) is 15.5. The predicted octanol–water partition coefficient (Wildman–Crippen LogP) is 3.44. The van der Waals surface area contributed by atoms with Crippen molar-refractivity contribution in [2.45, 2.75) is 6.54 Å². The molecule has 0 aliphatic heterocycles. The standard InChI is InChI=1S/C14H13BrFN5S/c1-20(7-8-21-6-2-5-17-21)14-19-18-13(22-14)11-9-10(15)3-4-12(11)16/h2-6,9H,7-8H2,1H3. The highest BCUT2D eigenvalue weighted by atomic mass is 79.9. The molecule has 0 N–H and O–H groups in total. The minimum absolute atomic E-state index is 0.301. The Morgan fingerprint density at radius 2 is 2.23 bits per heavy atom. The van der Waals surface area contributed by atoms with Crippen LogP contribution in [0.3, 0.4) is 0 Å². The van der Waals surface area contributed by atoms with Crippen LogP contribution in [0.2, 0.25) is 0 Å². The van der Waals surface area contributed by atoms with E-state index in [1.54, 1.807) is 18.3 Å². The Hall–Kier alpha value is -1.80. The van der Waals surface area contributed by atoms with Crippen LogP contribution in [0, 0.1) is 5.82 Å². The van der Waals surface area contributed by atoms with Crippen LogP contribution in [0.5, 0.6) is 0 Å². The second kappa shape index (κ2) is 6.53. The lowest BCUT2D eigenvalue weighted by Crippen LogP contribution is -2.22. The highest BCUT2D eigenvalue weighted by Crippen LogP contribution is 2.31. The van der Waals surface area contributed by atoms with Crippen LogP contribution in [0.25, 0.3) is 10.6 Å². The normalized spacial score (nSPS) is 10.9. The van der Waals surface area contributed by atoms with Gasteiger partial charge in [0.05, 0.1) is 6.54 Å². The molecule has 0 bridgehead atoms. The molecule has 0 amide bonds. The first-order valence-corrected chi connectivity index (χ1v) is 8.22. The predicted molar refractivity (Wildman–Crippen MR) is 88.5 cm³/mol. The van der Waals surface area contributed by atoms with Gasteiger partial charge in [-0.15, -0.1) is 10.2 Å². The Bertz CT molecular complexity index is 758. The lowest BCUT2D eigenvalue weighted by Gasteiger charge is -2.14. The van der Waals surface area contributed by atoms with Crippen molar-refractivity contribution in [1.82, 2.24) is 20.0 Å². The molecule has 0 saturated heterocycles. The third kappa shape index (κ3) is 3.33. The van der Waals surface area contributed by atoms with Crippen LogP contribution < -0.4 is 4.90 Å². The van der Waals surface area contributed by atoms with Crippen LogP contribution in [0.15, 0.2) is 41.1 Å².